The number of likely N-dealkylation sites (tertiary alicyclic amines) is 1. The van der Waals surface area contributed by atoms with Crippen molar-refractivity contribution >= 4 is 11.7 Å². The maximum atomic E-state index is 12.4. The number of carbonyl (C=O) groups is 1. The van der Waals surface area contributed by atoms with E-state index in [1.165, 1.54) is 6.33 Å². The summed E-state index contributed by atoms with van der Waals surface area (Å²) >= 11 is 0. The number of hydrogen-bond acceptors (Lipinski definition) is 5. The van der Waals surface area contributed by atoms with Crippen molar-refractivity contribution in [2.45, 2.75) is 12.5 Å². The number of nitrogens with zero attached hydrogens (tertiary/aromatic N) is 6. The van der Waals surface area contributed by atoms with E-state index in [1.54, 1.807) is 4.68 Å². The molecule has 2 aliphatic heterocycles. The Hall–Kier alpha value is -2.74. The van der Waals surface area contributed by atoms with Gasteiger partial charge in [-0.05, 0) is 41.1 Å². The van der Waals surface area contributed by atoms with Crippen LogP contribution < -0.4 is 5.32 Å². The summed E-state index contributed by atoms with van der Waals surface area (Å²) in [5, 5.41) is 14.0. The first kappa shape index (κ1) is 14.8. The van der Waals surface area contributed by atoms with Crippen molar-refractivity contribution < 1.29 is 4.79 Å². The summed E-state index contributed by atoms with van der Waals surface area (Å²) in [5.74, 6) is 0. The largest absolute Gasteiger partial charge is 0.323 e. The molecule has 0 bridgehead atoms. The van der Waals surface area contributed by atoms with E-state index in [-0.39, 0.29) is 6.03 Å². The molecule has 8 nitrogen and oxygen atoms in total. The summed E-state index contributed by atoms with van der Waals surface area (Å²) in [7, 11) is 0. The van der Waals surface area contributed by atoms with E-state index in [0.717, 1.165) is 44.0 Å². The number of hydrogen-bond donors (Lipinski definition) is 1. The first-order valence-corrected chi connectivity index (χ1v) is 8.08. The Kier molecular flexibility index (Phi) is 3.96. The van der Waals surface area contributed by atoms with Gasteiger partial charge in [0.25, 0.3) is 0 Å². The fourth-order valence-electron chi connectivity index (χ4n) is 3.20. The Morgan fingerprint density at radius 2 is 1.96 bits per heavy atom. The van der Waals surface area contributed by atoms with Crippen molar-refractivity contribution in [3.8, 4) is 5.69 Å². The van der Waals surface area contributed by atoms with Gasteiger partial charge < -0.3 is 10.2 Å². The van der Waals surface area contributed by atoms with E-state index < -0.39 is 0 Å². The molecule has 2 aliphatic rings. The van der Waals surface area contributed by atoms with E-state index >= 15 is 0 Å². The molecule has 0 radical (unpaired) electrons. The van der Waals surface area contributed by atoms with Gasteiger partial charge in [0.15, 0.2) is 0 Å². The standard InChI is InChI=1S/C16H19N7O/c24-16(22-10-7-15(11-22)21-8-1-2-9-21)18-13-3-5-14(6-4-13)23-12-17-19-20-23/h1-6,12,15H,7-11H2,(H,18,24). The minimum atomic E-state index is -0.0418. The highest BCUT2D eigenvalue weighted by Gasteiger charge is 2.30. The molecular formula is C16H19N7O. The fourth-order valence-corrected chi connectivity index (χ4v) is 3.20. The Labute approximate surface area is 139 Å². The number of tetrazole rings is 1. The molecular weight excluding hydrogens is 306 g/mol. The number of amides is 2. The van der Waals surface area contributed by atoms with E-state index in [0.29, 0.717) is 6.04 Å². The van der Waals surface area contributed by atoms with E-state index in [4.69, 9.17) is 0 Å². The summed E-state index contributed by atoms with van der Waals surface area (Å²) in [5.41, 5.74) is 1.61. The molecule has 8 heteroatoms. The molecule has 1 aromatic heterocycles. The SMILES string of the molecule is O=C(Nc1ccc(-n2cnnn2)cc1)N1CCC(N2CC=CC2)C1. The first-order valence-electron chi connectivity index (χ1n) is 8.08. The van der Waals surface area contributed by atoms with Crippen LogP contribution in [0.1, 0.15) is 6.42 Å². The molecule has 1 saturated heterocycles. The Morgan fingerprint density at radius 3 is 2.67 bits per heavy atom. The molecule has 24 heavy (non-hydrogen) atoms. The summed E-state index contributed by atoms with van der Waals surface area (Å²) in [6.45, 7) is 3.59. The summed E-state index contributed by atoms with van der Waals surface area (Å²) in [4.78, 5) is 16.7. The molecule has 0 spiro atoms. The van der Waals surface area contributed by atoms with Crippen LogP contribution in [0.5, 0.6) is 0 Å². The summed E-state index contributed by atoms with van der Waals surface area (Å²) in [6.07, 6.45) is 6.95. The molecule has 0 saturated carbocycles. The van der Waals surface area contributed by atoms with Crippen LogP contribution in [0.15, 0.2) is 42.7 Å². The van der Waals surface area contributed by atoms with Gasteiger partial charge in [-0.15, -0.1) is 5.10 Å². The van der Waals surface area contributed by atoms with Crippen LogP contribution in [-0.4, -0.2) is 68.3 Å². The van der Waals surface area contributed by atoms with Crippen LogP contribution in [0.2, 0.25) is 0 Å². The molecule has 1 unspecified atom stereocenters. The quantitative estimate of drug-likeness (QED) is 0.856. The highest BCUT2D eigenvalue weighted by Crippen LogP contribution is 2.19. The Balaban J connectivity index is 1.34. The number of carbonyl (C=O) groups excluding carboxylic acids is 1. The third-order valence-electron chi connectivity index (χ3n) is 4.55. The lowest BCUT2D eigenvalue weighted by molar-refractivity contribution is 0.212. The van der Waals surface area contributed by atoms with Crippen LogP contribution in [0, 0.1) is 0 Å². The summed E-state index contributed by atoms with van der Waals surface area (Å²) in [6, 6.07) is 7.87. The van der Waals surface area contributed by atoms with Gasteiger partial charge in [0, 0.05) is 37.9 Å². The zero-order valence-corrected chi connectivity index (χ0v) is 13.2. The number of benzene rings is 1. The number of rotatable bonds is 3. The molecule has 2 amide bonds. The lowest BCUT2D eigenvalue weighted by Gasteiger charge is -2.23. The van der Waals surface area contributed by atoms with E-state index in [9.17, 15) is 4.79 Å². The van der Waals surface area contributed by atoms with Crippen LogP contribution in [0.25, 0.3) is 5.69 Å². The lowest BCUT2D eigenvalue weighted by Crippen LogP contribution is -2.38. The molecule has 0 aliphatic carbocycles. The molecule has 124 valence electrons. The molecule has 1 atom stereocenters. The first-order chi connectivity index (χ1) is 11.8. The molecule has 4 rings (SSSR count). The second kappa shape index (κ2) is 6.40. The minimum absolute atomic E-state index is 0.0418. The molecule has 1 fully saturated rings. The van der Waals surface area contributed by atoms with Gasteiger partial charge in [-0.3, -0.25) is 4.90 Å². The summed E-state index contributed by atoms with van der Waals surface area (Å²) < 4.78 is 1.57. The predicted molar refractivity (Wildman–Crippen MR) is 88.9 cm³/mol. The van der Waals surface area contributed by atoms with Gasteiger partial charge >= 0.3 is 6.03 Å². The zero-order valence-electron chi connectivity index (χ0n) is 13.2. The van der Waals surface area contributed by atoms with E-state index in [1.807, 2.05) is 29.2 Å². The van der Waals surface area contributed by atoms with Crippen molar-refractivity contribution in [2.24, 2.45) is 0 Å². The number of aromatic nitrogens is 4. The normalized spacial score (nSPS) is 20.7. The highest BCUT2D eigenvalue weighted by atomic mass is 16.2. The third-order valence-corrected chi connectivity index (χ3v) is 4.55. The van der Waals surface area contributed by atoms with Crippen LogP contribution >= 0.6 is 0 Å². The van der Waals surface area contributed by atoms with Gasteiger partial charge in [-0.1, -0.05) is 12.2 Å². The van der Waals surface area contributed by atoms with E-state index in [2.05, 4.69) is 37.9 Å². The second-order valence-corrected chi connectivity index (χ2v) is 6.05. The molecule has 2 aromatic rings. The minimum Gasteiger partial charge on any atom is -0.323 e. The van der Waals surface area contributed by atoms with Crippen LogP contribution in [0.4, 0.5) is 10.5 Å². The third kappa shape index (κ3) is 3.00. The number of nitrogens with one attached hydrogen (secondary N) is 1. The second-order valence-electron chi connectivity index (χ2n) is 6.05. The highest BCUT2D eigenvalue weighted by molar-refractivity contribution is 5.89. The van der Waals surface area contributed by atoms with Crippen molar-refractivity contribution in [3.63, 3.8) is 0 Å². The Bertz CT molecular complexity index is 717. The number of anilines is 1. The fraction of sp³-hybridized carbons (Fsp3) is 0.375. The maximum Gasteiger partial charge on any atom is 0.321 e. The van der Waals surface area contributed by atoms with Gasteiger partial charge in [0.2, 0.25) is 0 Å². The Morgan fingerprint density at radius 1 is 1.17 bits per heavy atom. The molecule has 3 heterocycles. The lowest BCUT2D eigenvalue weighted by atomic mass is 10.2. The van der Waals surface area contributed by atoms with Crippen molar-refractivity contribution in [2.75, 3.05) is 31.5 Å². The van der Waals surface area contributed by atoms with Gasteiger partial charge in [-0.25, -0.2) is 9.48 Å². The van der Waals surface area contributed by atoms with Crippen molar-refractivity contribution in [1.82, 2.24) is 30.0 Å². The molecule has 1 N–H and O–H groups in total. The smallest absolute Gasteiger partial charge is 0.321 e. The van der Waals surface area contributed by atoms with Crippen LogP contribution in [0.3, 0.4) is 0 Å². The van der Waals surface area contributed by atoms with Crippen LogP contribution in [-0.2, 0) is 0 Å². The maximum absolute atomic E-state index is 12.4. The average molecular weight is 325 g/mol. The van der Waals surface area contributed by atoms with Crippen molar-refractivity contribution in [3.05, 3.63) is 42.7 Å². The predicted octanol–water partition coefficient (Wildman–Crippen LogP) is 1.14. The van der Waals surface area contributed by atoms with Crippen molar-refractivity contribution in [1.29, 1.82) is 0 Å². The number of urea groups is 1. The zero-order chi connectivity index (χ0) is 16.4. The van der Waals surface area contributed by atoms with Gasteiger partial charge in [0.05, 0.1) is 5.69 Å². The monoisotopic (exact) mass is 325 g/mol. The topological polar surface area (TPSA) is 79.2 Å². The van der Waals surface area contributed by atoms with Gasteiger partial charge in [-0.2, -0.15) is 0 Å². The average Bonchev–Trinajstić information content (AvgIpc) is 3.35. The van der Waals surface area contributed by atoms with Gasteiger partial charge in [0.1, 0.15) is 6.33 Å². The molecule has 1 aromatic carbocycles.